The van der Waals surface area contributed by atoms with E-state index in [1.165, 1.54) is 25.8 Å². The standard InChI is InChI=1S/C15H23N3O2/c1-10-12(11(2)20-17-10)9-15(19)16-13-6-8-18-7-4-3-5-14(13)18/h13-14H,3-9H2,1-2H3,(H,16,19)/t13-,14-/m1/s1. The van der Waals surface area contributed by atoms with Gasteiger partial charge in [0.15, 0.2) is 0 Å². The predicted molar refractivity (Wildman–Crippen MR) is 75.4 cm³/mol. The normalized spacial score (nSPS) is 26.5. The van der Waals surface area contributed by atoms with Crippen LogP contribution >= 0.6 is 0 Å². The zero-order valence-corrected chi connectivity index (χ0v) is 12.3. The van der Waals surface area contributed by atoms with Gasteiger partial charge >= 0.3 is 0 Å². The minimum atomic E-state index is 0.0943. The lowest BCUT2D eigenvalue weighted by atomic mass is 9.98. The molecule has 2 atom stereocenters. The summed E-state index contributed by atoms with van der Waals surface area (Å²) in [5.74, 6) is 0.847. The third-order valence-electron chi connectivity index (χ3n) is 4.72. The second kappa shape index (κ2) is 5.56. The van der Waals surface area contributed by atoms with Crippen molar-refractivity contribution >= 4 is 5.91 Å². The highest BCUT2D eigenvalue weighted by Crippen LogP contribution is 2.27. The Labute approximate surface area is 119 Å². The number of aromatic nitrogens is 1. The third kappa shape index (κ3) is 2.59. The van der Waals surface area contributed by atoms with Crippen molar-refractivity contribution in [1.82, 2.24) is 15.4 Å². The second-order valence-electron chi connectivity index (χ2n) is 6.04. The van der Waals surface area contributed by atoms with Gasteiger partial charge in [-0.1, -0.05) is 11.6 Å². The molecule has 3 rings (SSSR count). The molecule has 1 amide bonds. The van der Waals surface area contributed by atoms with Crippen molar-refractivity contribution in [2.24, 2.45) is 0 Å². The average molecular weight is 277 g/mol. The Morgan fingerprint density at radius 2 is 2.20 bits per heavy atom. The van der Waals surface area contributed by atoms with Crippen LogP contribution in [0.25, 0.3) is 0 Å². The average Bonchev–Trinajstić information content (AvgIpc) is 2.98. The predicted octanol–water partition coefficient (Wildman–Crippen LogP) is 1.58. The van der Waals surface area contributed by atoms with E-state index in [0.29, 0.717) is 18.5 Å². The van der Waals surface area contributed by atoms with E-state index in [0.717, 1.165) is 30.0 Å². The van der Waals surface area contributed by atoms with E-state index in [4.69, 9.17) is 4.52 Å². The summed E-state index contributed by atoms with van der Waals surface area (Å²) >= 11 is 0. The van der Waals surface area contributed by atoms with E-state index in [1.54, 1.807) is 0 Å². The van der Waals surface area contributed by atoms with Gasteiger partial charge in [-0.2, -0.15) is 0 Å². The molecule has 5 nitrogen and oxygen atoms in total. The van der Waals surface area contributed by atoms with Gasteiger partial charge in [0.25, 0.3) is 0 Å². The lowest BCUT2D eigenvalue weighted by Crippen LogP contribution is -2.47. The summed E-state index contributed by atoms with van der Waals surface area (Å²) in [7, 11) is 0. The highest BCUT2D eigenvalue weighted by molar-refractivity contribution is 5.79. The molecule has 0 aliphatic carbocycles. The number of hydrogen-bond acceptors (Lipinski definition) is 4. The molecule has 2 aliphatic heterocycles. The van der Waals surface area contributed by atoms with E-state index in [-0.39, 0.29) is 5.91 Å². The van der Waals surface area contributed by atoms with E-state index in [1.807, 2.05) is 13.8 Å². The molecule has 1 aromatic heterocycles. The van der Waals surface area contributed by atoms with Crippen LogP contribution in [-0.4, -0.2) is 41.1 Å². The Kier molecular flexibility index (Phi) is 3.78. The molecule has 2 saturated heterocycles. The fourth-order valence-electron chi connectivity index (χ4n) is 3.59. The number of nitrogens with one attached hydrogen (secondary N) is 1. The number of amides is 1. The number of piperidine rings is 1. The summed E-state index contributed by atoms with van der Waals surface area (Å²) < 4.78 is 5.11. The van der Waals surface area contributed by atoms with Crippen LogP contribution in [0.1, 0.15) is 42.7 Å². The molecule has 0 unspecified atom stereocenters. The molecule has 110 valence electrons. The number of aryl methyl sites for hydroxylation is 2. The van der Waals surface area contributed by atoms with E-state index >= 15 is 0 Å². The van der Waals surface area contributed by atoms with Crippen molar-refractivity contribution in [3.63, 3.8) is 0 Å². The largest absolute Gasteiger partial charge is 0.361 e. The van der Waals surface area contributed by atoms with E-state index in [2.05, 4.69) is 15.4 Å². The van der Waals surface area contributed by atoms with E-state index < -0.39 is 0 Å². The van der Waals surface area contributed by atoms with Crippen molar-refractivity contribution in [2.75, 3.05) is 13.1 Å². The zero-order chi connectivity index (χ0) is 14.1. The Bertz CT molecular complexity index is 478. The van der Waals surface area contributed by atoms with Crippen molar-refractivity contribution in [3.8, 4) is 0 Å². The van der Waals surface area contributed by atoms with Crippen LogP contribution in [0.4, 0.5) is 0 Å². The van der Waals surface area contributed by atoms with Crippen LogP contribution in [0.5, 0.6) is 0 Å². The first-order valence-electron chi connectivity index (χ1n) is 7.60. The molecule has 0 spiro atoms. The Hall–Kier alpha value is -1.36. The first-order chi connectivity index (χ1) is 9.65. The second-order valence-corrected chi connectivity index (χ2v) is 6.04. The molecule has 0 radical (unpaired) electrons. The van der Waals surface area contributed by atoms with Gasteiger partial charge in [-0.25, -0.2) is 0 Å². The van der Waals surface area contributed by atoms with Crippen molar-refractivity contribution in [1.29, 1.82) is 0 Å². The van der Waals surface area contributed by atoms with Crippen LogP contribution in [-0.2, 0) is 11.2 Å². The lowest BCUT2D eigenvalue weighted by Gasteiger charge is -2.32. The molecular formula is C15H23N3O2. The third-order valence-corrected chi connectivity index (χ3v) is 4.72. The molecule has 1 aromatic rings. The summed E-state index contributed by atoms with van der Waals surface area (Å²) in [6.45, 7) is 6.07. The Balaban J connectivity index is 1.59. The van der Waals surface area contributed by atoms with Gasteiger partial charge in [0.1, 0.15) is 5.76 Å². The monoisotopic (exact) mass is 277 g/mol. The maximum Gasteiger partial charge on any atom is 0.224 e. The van der Waals surface area contributed by atoms with Crippen molar-refractivity contribution in [3.05, 3.63) is 17.0 Å². The summed E-state index contributed by atoms with van der Waals surface area (Å²) in [5.41, 5.74) is 1.75. The zero-order valence-electron chi connectivity index (χ0n) is 12.3. The SMILES string of the molecule is Cc1noc(C)c1CC(=O)N[C@@H]1CCN2CCCC[C@H]12. The van der Waals surface area contributed by atoms with E-state index in [9.17, 15) is 4.79 Å². The number of hydrogen-bond donors (Lipinski definition) is 1. The van der Waals surface area contributed by atoms with Gasteiger partial charge in [0.2, 0.25) is 5.91 Å². The summed E-state index contributed by atoms with van der Waals surface area (Å²) in [6.07, 6.45) is 5.27. The molecule has 2 fully saturated rings. The van der Waals surface area contributed by atoms with Crippen molar-refractivity contribution < 1.29 is 9.32 Å². The smallest absolute Gasteiger partial charge is 0.224 e. The fraction of sp³-hybridized carbons (Fsp3) is 0.733. The van der Waals surface area contributed by atoms with Gasteiger partial charge in [0.05, 0.1) is 12.1 Å². The Morgan fingerprint density at radius 3 is 2.95 bits per heavy atom. The number of rotatable bonds is 3. The van der Waals surface area contributed by atoms with Gasteiger partial charge in [0, 0.05) is 24.2 Å². The van der Waals surface area contributed by atoms with Gasteiger partial charge in [-0.15, -0.1) is 0 Å². The fourth-order valence-corrected chi connectivity index (χ4v) is 3.59. The highest BCUT2D eigenvalue weighted by atomic mass is 16.5. The maximum atomic E-state index is 12.2. The number of fused-ring (bicyclic) bond motifs is 1. The highest BCUT2D eigenvalue weighted by Gasteiger charge is 2.36. The molecule has 3 heterocycles. The molecule has 1 N–H and O–H groups in total. The molecule has 0 saturated carbocycles. The van der Waals surface area contributed by atoms with Gasteiger partial charge < -0.3 is 9.84 Å². The summed E-state index contributed by atoms with van der Waals surface area (Å²) in [5, 5.41) is 7.12. The topological polar surface area (TPSA) is 58.4 Å². The van der Waals surface area contributed by atoms with Crippen LogP contribution in [0, 0.1) is 13.8 Å². The van der Waals surface area contributed by atoms with Crippen molar-refractivity contribution in [2.45, 2.75) is 58.0 Å². The number of carbonyl (C=O) groups excluding carboxylic acids is 1. The lowest BCUT2D eigenvalue weighted by molar-refractivity contribution is -0.121. The number of carbonyl (C=O) groups is 1. The molecule has 2 aliphatic rings. The maximum absolute atomic E-state index is 12.2. The molecule has 20 heavy (non-hydrogen) atoms. The molecular weight excluding hydrogens is 254 g/mol. The molecule has 5 heteroatoms. The van der Waals surface area contributed by atoms with Crippen LogP contribution < -0.4 is 5.32 Å². The summed E-state index contributed by atoms with van der Waals surface area (Å²) in [6, 6.07) is 0.876. The molecule has 0 aromatic carbocycles. The summed E-state index contributed by atoms with van der Waals surface area (Å²) in [4.78, 5) is 14.8. The van der Waals surface area contributed by atoms with Crippen LogP contribution in [0.3, 0.4) is 0 Å². The number of nitrogens with zero attached hydrogens (tertiary/aromatic N) is 2. The first-order valence-corrected chi connectivity index (χ1v) is 7.60. The van der Waals surface area contributed by atoms with Gasteiger partial charge in [-0.3, -0.25) is 9.69 Å². The quantitative estimate of drug-likeness (QED) is 0.911. The minimum absolute atomic E-state index is 0.0943. The van der Waals surface area contributed by atoms with Crippen LogP contribution in [0.15, 0.2) is 4.52 Å². The minimum Gasteiger partial charge on any atom is -0.361 e. The Morgan fingerprint density at radius 1 is 1.35 bits per heavy atom. The van der Waals surface area contributed by atoms with Gasteiger partial charge in [-0.05, 0) is 39.7 Å². The molecule has 0 bridgehead atoms. The van der Waals surface area contributed by atoms with Crippen LogP contribution in [0.2, 0.25) is 0 Å². The first kappa shape index (κ1) is 13.6.